The lowest BCUT2D eigenvalue weighted by Gasteiger charge is -2.12. The topological polar surface area (TPSA) is 59.1 Å². The molecule has 6 heteroatoms. The van der Waals surface area contributed by atoms with Crippen molar-refractivity contribution in [2.45, 2.75) is 20.3 Å². The Kier molecular flexibility index (Phi) is 5.38. The van der Waals surface area contributed by atoms with Crippen LogP contribution in [-0.4, -0.2) is 23.6 Å². The summed E-state index contributed by atoms with van der Waals surface area (Å²) in [6.45, 7) is 4.88. The first-order valence-electron chi connectivity index (χ1n) is 6.82. The van der Waals surface area contributed by atoms with E-state index < -0.39 is 0 Å². The second-order valence-electron chi connectivity index (χ2n) is 4.58. The number of halogens is 1. The van der Waals surface area contributed by atoms with Gasteiger partial charge in [0.25, 0.3) is 0 Å². The second kappa shape index (κ2) is 7.26. The Balaban J connectivity index is 2.26. The van der Waals surface area contributed by atoms with Gasteiger partial charge in [-0.25, -0.2) is 9.97 Å². The van der Waals surface area contributed by atoms with Crippen LogP contribution >= 0.6 is 15.9 Å². The molecule has 0 unspecified atom stereocenters. The number of aryl methyl sites for hydroxylation is 1. The molecule has 5 nitrogen and oxygen atoms in total. The summed E-state index contributed by atoms with van der Waals surface area (Å²) < 4.78 is 6.33. The summed E-state index contributed by atoms with van der Waals surface area (Å²) in [5.41, 5.74) is 0.853. The molecular formula is C15H19BrN4O. The van der Waals surface area contributed by atoms with Gasteiger partial charge in [-0.1, -0.05) is 22.9 Å². The highest BCUT2D eigenvalue weighted by Crippen LogP contribution is 2.30. The van der Waals surface area contributed by atoms with Crippen LogP contribution in [0.1, 0.15) is 19.2 Å². The van der Waals surface area contributed by atoms with Crippen molar-refractivity contribution in [3.63, 3.8) is 0 Å². The van der Waals surface area contributed by atoms with Gasteiger partial charge in [-0.2, -0.15) is 0 Å². The van der Waals surface area contributed by atoms with Gasteiger partial charge in [0.2, 0.25) is 0 Å². The summed E-state index contributed by atoms with van der Waals surface area (Å²) in [5, 5.41) is 6.55. The Morgan fingerprint density at radius 1 is 1.19 bits per heavy atom. The van der Waals surface area contributed by atoms with Crippen molar-refractivity contribution in [1.29, 1.82) is 0 Å². The van der Waals surface area contributed by atoms with Crippen LogP contribution in [0.5, 0.6) is 5.75 Å². The fourth-order valence-corrected chi connectivity index (χ4v) is 2.25. The normalized spacial score (nSPS) is 10.3. The zero-order valence-corrected chi connectivity index (χ0v) is 14.0. The molecule has 0 saturated carbocycles. The Bertz CT molecular complexity index is 619. The van der Waals surface area contributed by atoms with Gasteiger partial charge >= 0.3 is 0 Å². The van der Waals surface area contributed by atoms with Gasteiger partial charge in [0.1, 0.15) is 23.2 Å². The Labute approximate surface area is 133 Å². The smallest absolute Gasteiger partial charge is 0.142 e. The maximum atomic E-state index is 5.36. The lowest BCUT2D eigenvalue weighted by atomic mass is 10.3. The molecule has 0 saturated heterocycles. The summed E-state index contributed by atoms with van der Waals surface area (Å²) in [6.07, 6.45) is 1.05. The number of nitrogens with zero attached hydrogens (tertiary/aromatic N) is 2. The van der Waals surface area contributed by atoms with Gasteiger partial charge in [-0.3, -0.25) is 0 Å². The highest BCUT2D eigenvalue weighted by atomic mass is 79.9. The number of aromatic nitrogens is 2. The molecule has 0 bridgehead atoms. The number of rotatable bonds is 6. The molecule has 2 aromatic rings. The van der Waals surface area contributed by atoms with E-state index in [1.165, 1.54) is 0 Å². The Morgan fingerprint density at radius 2 is 1.95 bits per heavy atom. The first kappa shape index (κ1) is 15.6. The fourth-order valence-electron chi connectivity index (χ4n) is 1.89. The summed E-state index contributed by atoms with van der Waals surface area (Å²) >= 11 is 3.46. The van der Waals surface area contributed by atoms with E-state index >= 15 is 0 Å². The molecule has 1 aromatic heterocycles. The predicted octanol–water partition coefficient (Wildman–Crippen LogP) is 4.12. The Morgan fingerprint density at radius 3 is 2.67 bits per heavy atom. The number of hydrogen-bond acceptors (Lipinski definition) is 5. The van der Waals surface area contributed by atoms with Gasteiger partial charge in [0.15, 0.2) is 0 Å². The molecule has 0 aliphatic carbocycles. The molecule has 0 amide bonds. The molecule has 0 atom stereocenters. The molecule has 21 heavy (non-hydrogen) atoms. The average molecular weight is 351 g/mol. The molecule has 0 aliphatic heterocycles. The lowest BCUT2D eigenvalue weighted by molar-refractivity contribution is 0.416. The minimum Gasteiger partial charge on any atom is -0.495 e. The van der Waals surface area contributed by atoms with E-state index in [4.69, 9.17) is 4.74 Å². The molecule has 2 N–H and O–H groups in total. The van der Waals surface area contributed by atoms with Crippen molar-refractivity contribution >= 4 is 33.3 Å². The molecule has 0 radical (unpaired) electrons. The van der Waals surface area contributed by atoms with E-state index in [1.807, 2.05) is 31.2 Å². The zero-order chi connectivity index (χ0) is 15.2. The van der Waals surface area contributed by atoms with E-state index in [2.05, 4.69) is 43.5 Å². The third-order valence-corrected chi connectivity index (χ3v) is 3.31. The zero-order valence-electron chi connectivity index (χ0n) is 12.4. The van der Waals surface area contributed by atoms with Crippen LogP contribution in [0, 0.1) is 6.92 Å². The van der Waals surface area contributed by atoms with E-state index in [9.17, 15) is 0 Å². The van der Waals surface area contributed by atoms with Crippen LogP contribution in [0.15, 0.2) is 28.7 Å². The molecule has 1 aromatic carbocycles. The van der Waals surface area contributed by atoms with Crippen molar-refractivity contribution < 1.29 is 4.74 Å². The second-order valence-corrected chi connectivity index (χ2v) is 5.50. The quantitative estimate of drug-likeness (QED) is 0.820. The first-order valence-corrected chi connectivity index (χ1v) is 7.61. The molecule has 2 rings (SSSR count). The van der Waals surface area contributed by atoms with Crippen molar-refractivity contribution in [3.05, 3.63) is 34.6 Å². The maximum absolute atomic E-state index is 5.36. The third-order valence-electron chi connectivity index (χ3n) is 2.82. The van der Waals surface area contributed by atoms with Gasteiger partial charge in [0.05, 0.1) is 12.8 Å². The lowest BCUT2D eigenvalue weighted by Crippen LogP contribution is -2.06. The highest BCUT2D eigenvalue weighted by molar-refractivity contribution is 9.10. The van der Waals surface area contributed by atoms with Crippen molar-refractivity contribution in [3.8, 4) is 5.75 Å². The number of nitrogens with one attached hydrogen (secondary N) is 2. The van der Waals surface area contributed by atoms with Crippen LogP contribution in [0.3, 0.4) is 0 Å². The predicted molar refractivity (Wildman–Crippen MR) is 89.5 cm³/mol. The van der Waals surface area contributed by atoms with E-state index in [-0.39, 0.29) is 0 Å². The molecule has 0 aliphatic rings. The number of methoxy groups -OCH3 is 1. The number of anilines is 3. The van der Waals surface area contributed by atoms with Gasteiger partial charge in [0, 0.05) is 17.1 Å². The van der Waals surface area contributed by atoms with Gasteiger partial charge in [-0.05, 0) is 31.5 Å². The maximum Gasteiger partial charge on any atom is 0.142 e. The first-order chi connectivity index (χ1) is 10.1. The van der Waals surface area contributed by atoms with Gasteiger partial charge < -0.3 is 15.4 Å². The summed E-state index contributed by atoms with van der Waals surface area (Å²) in [6, 6.07) is 7.68. The standard InChI is InChI=1S/C15H19BrN4O/c1-4-7-17-14-9-15(19-10(2)18-14)20-12-8-11(16)5-6-13(12)21-3/h5-6,8-9H,4,7H2,1-3H3,(H2,17,18,19,20). The van der Waals surface area contributed by atoms with Crippen LogP contribution < -0.4 is 15.4 Å². The van der Waals surface area contributed by atoms with E-state index in [0.717, 1.165) is 40.5 Å². The SMILES string of the molecule is CCCNc1cc(Nc2cc(Br)ccc2OC)nc(C)n1. The summed E-state index contributed by atoms with van der Waals surface area (Å²) in [5.74, 6) is 3.03. The molecule has 1 heterocycles. The van der Waals surface area contributed by atoms with Crippen molar-refractivity contribution in [1.82, 2.24) is 9.97 Å². The molecule has 112 valence electrons. The van der Waals surface area contributed by atoms with Gasteiger partial charge in [-0.15, -0.1) is 0 Å². The third kappa shape index (κ3) is 4.32. The molecule has 0 fully saturated rings. The molecule has 0 spiro atoms. The van der Waals surface area contributed by atoms with Crippen molar-refractivity contribution in [2.75, 3.05) is 24.3 Å². The average Bonchev–Trinajstić information content (AvgIpc) is 2.45. The van der Waals surface area contributed by atoms with E-state index in [0.29, 0.717) is 5.82 Å². The van der Waals surface area contributed by atoms with Crippen LogP contribution in [0.25, 0.3) is 0 Å². The summed E-state index contributed by atoms with van der Waals surface area (Å²) in [4.78, 5) is 8.78. The van der Waals surface area contributed by atoms with E-state index in [1.54, 1.807) is 7.11 Å². The number of hydrogen-bond donors (Lipinski definition) is 2. The minimum absolute atomic E-state index is 0.715. The van der Waals surface area contributed by atoms with Crippen molar-refractivity contribution in [2.24, 2.45) is 0 Å². The Hall–Kier alpha value is -1.82. The number of ether oxygens (including phenoxy) is 1. The molecular weight excluding hydrogens is 332 g/mol. The monoisotopic (exact) mass is 350 g/mol. The minimum atomic E-state index is 0.715. The van der Waals surface area contributed by atoms with Crippen LogP contribution in [0.2, 0.25) is 0 Å². The summed E-state index contributed by atoms with van der Waals surface area (Å²) in [7, 11) is 1.65. The van der Waals surface area contributed by atoms with Crippen LogP contribution in [-0.2, 0) is 0 Å². The van der Waals surface area contributed by atoms with Crippen LogP contribution in [0.4, 0.5) is 17.3 Å². The fraction of sp³-hybridized carbons (Fsp3) is 0.333. The highest BCUT2D eigenvalue weighted by Gasteiger charge is 2.07. The largest absolute Gasteiger partial charge is 0.495 e. The number of benzene rings is 1.